The number of ether oxygens (including phenoxy) is 3. The van der Waals surface area contributed by atoms with Crippen LogP contribution in [-0.2, 0) is 20.9 Å². The number of esters is 1. The van der Waals surface area contributed by atoms with Gasteiger partial charge in [-0.25, -0.2) is 4.79 Å². The van der Waals surface area contributed by atoms with Crippen molar-refractivity contribution in [3.8, 4) is 11.5 Å². The molecule has 1 heterocycles. The van der Waals surface area contributed by atoms with Crippen molar-refractivity contribution in [2.75, 3.05) is 6.79 Å². The van der Waals surface area contributed by atoms with E-state index in [4.69, 9.17) is 14.2 Å². The van der Waals surface area contributed by atoms with Gasteiger partial charge in [-0.05, 0) is 49.6 Å². The summed E-state index contributed by atoms with van der Waals surface area (Å²) in [6.07, 6.45) is -1.02. The van der Waals surface area contributed by atoms with Crippen molar-refractivity contribution in [3.05, 3.63) is 59.2 Å². The zero-order valence-corrected chi connectivity index (χ0v) is 18.6. The SMILES string of the molecule is Cc1cccc(C(=O)N[C@H](C(=O)OC(C)C(=O)NCc2ccc3c(c2)OCO3)C(C)C)c1. The van der Waals surface area contributed by atoms with E-state index >= 15 is 0 Å². The predicted molar refractivity (Wildman–Crippen MR) is 117 cm³/mol. The number of carbonyl (C=O) groups excluding carboxylic acids is 3. The summed E-state index contributed by atoms with van der Waals surface area (Å²) < 4.78 is 15.9. The molecule has 0 saturated carbocycles. The summed E-state index contributed by atoms with van der Waals surface area (Å²) >= 11 is 0. The second kappa shape index (κ2) is 10.2. The minimum Gasteiger partial charge on any atom is -0.454 e. The maximum atomic E-state index is 12.7. The number of benzene rings is 2. The van der Waals surface area contributed by atoms with Gasteiger partial charge in [-0.1, -0.05) is 37.6 Å². The lowest BCUT2D eigenvalue weighted by Crippen LogP contribution is -2.47. The summed E-state index contributed by atoms with van der Waals surface area (Å²) in [5.74, 6) is -0.408. The van der Waals surface area contributed by atoms with Crippen LogP contribution in [0.1, 0.15) is 42.3 Å². The molecule has 0 radical (unpaired) electrons. The molecule has 1 unspecified atom stereocenters. The van der Waals surface area contributed by atoms with Crippen LogP contribution < -0.4 is 20.1 Å². The molecule has 2 amide bonds. The smallest absolute Gasteiger partial charge is 0.329 e. The van der Waals surface area contributed by atoms with Crippen LogP contribution in [0.4, 0.5) is 0 Å². The van der Waals surface area contributed by atoms with E-state index in [0.717, 1.165) is 11.1 Å². The molecular formula is C24H28N2O6. The summed E-state index contributed by atoms with van der Waals surface area (Å²) in [6, 6.07) is 11.6. The molecular weight excluding hydrogens is 412 g/mol. The summed E-state index contributed by atoms with van der Waals surface area (Å²) in [7, 11) is 0. The lowest BCUT2D eigenvalue weighted by Gasteiger charge is -2.23. The first-order valence-corrected chi connectivity index (χ1v) is 10.5. The first kappa shape index (κ1) is 23.1. The molecule has 2 N–H and O–H groups in total. The van der Waals surface area contributed by atoms with E-state index in [0.29, 0.717) is 17.1 Å². The number of rotatable bonds is 8. The van der Waals surface area contributed by atoms with Gasteiger partial charge in [0.25, 0.3) is 11.8 Å². The van der Waals surface area contributed by atoms with E-state index < -0.39 is 24.0 Å². The Kier molecular flexibility index (Phi) is 7.35. The first-order valence-electron chi connectivity index (χ1n) is 10.5. The maximum absolute atomic E-state index is 12.7. The van der Waals surface area contributed by atoms with Gasteiger partial charge < -0.3 is 24.8 Å². The van der Waals surface area contributed by atoms with E-state index in [1.54, 1.807) is 44.2 Å². The molecule has 1 aliphatic rings. The summed E-state index contributed by atoms with van der Waals surface area (Å²) in [5.41, 5.74) is 2.22. The molecule has 1 aliphatic heterocycles. The molecule has 0 bridgehead atoms. The van der Waals surface area contributed by atoms with Crippen molar-refractivity contribution >= 4 is 17.8 Å². The van der Waals surface area contributed by atoms with E-state index in [1.165, 1.54) is 6.92 Å². The van der Waals surface area contributed by atoms with Gasteiger partial charge in [-0.3, -0.25) is 9.59 Å². The van der Waals surface area contributed by atoms with E-state index in [-0.39, 0.29) is 25.2 Å². The number of amides is 2. The fourth-order valence-electron chi connectivity index (χ4n) is 3.19. The van der Waals surface area contributed by atoms with Crippen molar-refractivity contribution in [3.63, 3.8) is 0 Å². The van der Waals surface area contributed by atoms with Gasteiger partial charge in [-0.15, -0.1) is 0 Å². The van der Waals surface area contributed by atoms with Crippen molar-refractivity contribution < 1.29 is 28.6 Å². The summed E-state index contributed by atoms with van der Waals surface area (Å²) in [4.78, 5) is 37.7. The average Bonchev–Trinajstić information content (AvgIpc) is 3.23. The van der Waals surface area contributed by atoms with Gasteiger partial charge in [0.1, 0.15) is 6.04 Å². The van der Waals surface area contributed by atoms with E-state index in [9.17, 15) is 14.4 Å². The topological polar surface area (TPSA) is 103 Å². The Morgan fingerprint density at radius 1 is 1.03 bits per heavy atom. The van der Waals surface area contributed by atoms with Crippen LogP contribution in [0.3, 0.4) is 0 Å². The highest BCUT2D eigenvalue weighted by atomic mass is 16.7. The highest BCUT2D eigenvalue weighted by Crippen LogP contribution is 2.32. The zero-order chi connectivity index (χ0) is 23.3. The number of carbonyl (C=O) groups is 3. The van der Waals surface area contributed by atoms with Crippen LogP contribution in [0, 0.1) is 12.8 Å². The predicted octanol–water partition coefficient (Wildman–Crippen LogP) is 2.73. The molecule has 0 fully saturated rings. The maximum Gasteiger partial charge on any atom is 0.329 e. The fraction of sp³-hybridized carbons (Fsp3) is 0.375. The molecule has 8 nitrogen and oxygen atoms in total. The Morgan fingerprint density at radius 2 is 1.78 bits per heavy atom. The monoisotopic (exact) mass is 440 g/mol. The van der Waals surface area contributed by atoms with Crippen LogP contribution in [0.15, 0.2) is 42.5 Å². The van der Waals surface area contributed by atoms with Crippen LogP contribution in [0.2, 0.25) is 0 Å². The lowest BCUT2D eigenvalue weighted by molar-refractivity contribution is -0.157. The minimum atomic E-state index is -1.02. The molecule has 0 aliphatic carbocycles. The Bertz CT molecular complexity index is 1000. The number of nitrogens with one attached hydrogen (secondary N) is 2. The third-order valence-corrected chi connectivity index (χ3v) is 5.05. The van der Waals surface area contributed by atoms with Gasteiger partial charge in [0.2, 0.25) is 6.79 Å². The fourth-order valence-corrected chi connectivity index (χ4v) is 3.19. The van der Waals surface area contributed by atoms with Crippen LogP contribution >= 0.6 is 0 Å². The first-order chi connectivity index (χ1) is 15.2. The lowest BCUT2D eigenvalue weighted by atomic mass is 10.0. The number of hydrogen-bond donors (Lipinski definition) is 2. The van der Waals surface area contributed by atoms with Gasteiger partial charge in [0.15, 0.2) is 17.6 Å². The van der Waals surface area contributed by atoms with Crippen LogP contribution in [-0.4, -0.2) is 36.7 Å². The zero-order valence-electron chi connectivity index (χ0n) is 18.6. The normalized spacial score (nSPS) is 13.9. The van der Waals surface area contributed by atoms with Crippen molar-refractivity contribution in [2.45, 2.75) is 46.4 Å². The molecule has 32 heavy (non-hydrogen) atoms. The second-order valence-electron chi connectivity index (χ2n) is 8.05. The highest BCUT2D eigenvalue weighted by Gasteiger charge is 2.29. The Hall–Kier alpha value is -3.55. The van der Waals surface area contributed by atoms with Gasteiger partial charge in [0, 0.05) is 12.1 Å². The quantitative estimate of drug-likeness (QED) is 0.612. The van der Waals surface area contributed by atoms with Crippen molar-refractivity contribution in [1.29, 1.82) is 0 Å². The van der Waals surface area contributed by atoms with E-state index in [2.05, 4.69) is 10.6 Å². The third kappa shape index (κ3) is 5.78. The molecule has 0 saturated heterocycles. The average molecular weight is 440 g/mol. The third-order valence-electron chi connectivity index (χ3n) is 5.05. The van der Waals surface area contributed by atoms with E-state index in [1.807, 2.05) is 19.1 Å². The van der Waals surface area contributed by atoms with Gasteiger partial charge >= 0.3 is 5.97 Å². The number of fused-ring (bicyclic) bond motifs is 1. The van der Waals surface area contributed by atoms with Crippen LogP contribution in [0.25, 0.3) is 0 Å². The van der Waals surface area contributed by atoms with Gasteiger partial charge in [-0.2, -0.15) is 0 Å². The Labute approximate surface area is 187 Å². The number of aryl methyl sites for hydroxylation is 1. The largest absolute Gasteiger partial charge is 0.454 e. The molecule has 2 aromatic rings. The number of hydrogen-bond acceptors (Lipinski definition) is 6. The Balaban J connectivity index is 1.54. The molecule has 2 atom stereocenters. The molecule has 8 heteroatoms. The Morgan fingerprint density at radius 3 is 2.50 bits per heavy atom. The second-order valence-corrected chi connectivity index (χ2v) is 8.05. The molecule has 0 spiro atoms. The summed E-state index contributed by atoms with van der Waals surface area (Å²) in [6.45, 7) is 7.39. The molecule has 2 aromatic carbocycles. The van der Waals surface area contributed by atoms with Crippen molar-refractivity contribution in [2.24, 2.45) is 5.92 Å². The molecule has 0 aromatic heterocycles. The van der Waals surface area contributed by atoms with Crippen LogP contribution in [0.5, 0.6) is 11.5 Å². The molecule has 3 rings (SSSR count). The minimum absolute atomic E-state index is 0.176. The van der Waals surface area contributed by atoms with Gasteiger partial charge in [0.05, 0.1) is 0 Å². The van der Waals surface area contributed by atoms with Crippen molar-refractivity contribution in [1.82, 2.24) is 10.6 Å². The summed E-state index contributed by atoms with van der Waals surface area (Å²) in [5, 5.41) is 5.45. The highest BCUT2D eigenvalue weighted by molar-refractivity contribution is 5.97. The standard InChI is InChI=1S/C24H28N2O6/c1-14(2)21(26-23(28)18-7-5-6-15(3)10-18)24(29)32-16(4)22(27)25-12-17-8-9-19-20(11-17)31-13-30-19/h5-11,14,16,21H,12-13H2,1-4H3,(H,25,27)(H,26,28)/t16?,21-/m0/s1. The molecule has 170 valence electrons.